The van der Waals surface area contributed by atoms with E-state index in [0.29, 0.717) is 31.6 Å². The lowest BCUT2D eigenvalue weighted by molar-refractivity contribution is -0.121. The van der Waals surface area contributed by atoms with Crippen LogP contribution in [-0.4, -0.2) is 43.2 Å². The summed E-state index contributed by atoms with van der Waals surface area (Å²) in [6, 6.07) is 5.59. The molecule has 0 saturated carbocycles. The molecule has 6 nitrogen and oxygen atoms in total. The van der Waals surface area contributed by atoms with E-state index in [4.69, 9.17) is 5.11 Å². The maximum atomic E-state index is 12.9. The highest BCUT2D eigenvalue weighted by molar-refractivity contribution is 5.98. The van der Waals surface area contributed by atoms with Gasteiger partial charge in [-0.15, -0.1) is 0 Å². The van der Waals surface area contributed by atoms with Crippen molar-refractivity contribution in [2.75, 3.05) is 31.1 Å². The van der Waals surface area contributed by atoms with Gasteiger partial charge in [-0.3, -0.25) is 9.59 Å². The molecule has 0 spiro atoms. The molecule has 1 aromatic carbocycles. The molecule has 28 heavy (non-hydrogen) atoms. The summed E-state index contributed by atoms with van der Waals surface area (Å²) < 4.78 is 0. The molecule has 0 aliphatic carbocycles. The number of aliphatic hydroxyl groups excluding tert-OH is 1. The summed E-state index contributed by atoms with van der Waals surface area (Å²) in [5.41, 5.74) is 2.46. The number of aliphatic hydroxyl groups is 1. The maximum absolute atomic E-state index is 12.9. The third-order valence-corrected chi connectivity index (χ3v) is 5.06. The highest BCUT2D eigenvalue weighted by atomic mass is 16.3. The monoisotopic (exact) mass is 389 g/mol. The van der Waals surface area contributed by atoms with Crippen molar-refractivity contribution in [3.05, 3.63) is 29.3 Å². The zero-order chi connectivity index (χ0) is 20.4. The third-order valence-electron chi connectivity index (χ3n) is 5.06. The number of nitrogens with one attached hydrogen (secondary N) is 2. The number of anilines is 1. The van der Waals surface area contributed by atoms with Gasteiger partial charge in [-0.1, -0.05) is 33.1 Å². The summed E-state index contributed by atoms with van der Waals surface area (Å²) in [6.45, 7) is 6.65. The average Bonchev–Trinajstić information content (AvgIpc) is 2.68. The lowest BCUT2D eigenvalue weighted by atomic mass is 10.0. The fraction of sp³-hybridized carbons (Fsp3) is 0.636. The van der Waals surface area contributed by atoms with Crippen molar-refractivity contribution in [2.24, 2.45) is 5.92 Å². The van der Waals surface area contributed by atoms with Gasteiger partial charge in [0.25, 0.3) is 5.91 Å². The van der Waals surface area contributed by atoms with E-state index in [-0.39, 0.29) is 24.3 Å². The van der Waals surface area contributed by atoms with Crippen LogP contribution in [0, 0.1) is 5.92 Å². The van der Waals surface area contributed by atoms with E-state index < -0.39 is 0 Å². The fourth-order valence-corrected chi connectivity index (χ4v) is 3.45. The Labute approximate surface area is 168 Å². The molecule has 0 unspecified atom stereocenters. The van der Waals surface area contributed by atoms with Crippen LogP contribution < -0.4 is 15.5 Å². The molecule has 0 aromatic heterocycles. The van der Waals surface area contributed by atoms with E-state index in [1.165, 1.54) is 12.8 Å². The summed E-state index contributed by atoms with van der Waals surface area (Å²) in [4.78, 5) is 27.2. The Morgan fingerprint density at radius 2 is 1.93 bits per heavy atom. The van der Waals surface area contributed by atoms with Crippen LogP contribution in [0.15, 0.2) is 18.2 Å². The molecule has 1 aromatic rings. The minimum atomic E-state index is -0.149. The Morgan fingerprint density at radius 1 is 1.18 bits per heavy atom. The van der Waals surface area contributed by atoms with Crippen LogP contribution in [0.5, 0.6) is 0 Å². The number of benzene rings is 1. The number of fused-ring (bicyclic) bond motifs is 1. The van der Waals surface area contributed by atoms with E-state index >= 15 is 0 Å². The summed E-state index contributed by atoms with van der Waals surface area (Å²) in [5, 5.41) is 15.2. The molecule has 0 atom stereocenters. The standard InChI is InChI=1S/C22H35N3O3/c1-17(2)22(28)25-13-7-5-3-4-6-11-23-16-19-15-18(9-10-20(19)25)21(27)24-12-8-14-26/h9-10,15,17,23,26H,3-8,11-14,16H2,1-2H3,(H,24,27). The highest BCUT2D eigenvalue weighted by Gasteiger charge is 2.22. The number of amides is 2. The van der Waals surface area contributed by atoms with Crippen molar-refractivity contribution < 1.29 is 14.7 Å². The summed E-state index contributed by atoms with van der Waals surface area (Å²) in [6.07, 6.45) is 6.20. The summed E-state index contributed by atoms with van der Waals surface area (Å²) in [7, 11) is 0. The quantitative estimate of drug-likeness (QED) is 0.677. The fourth-order valence-electron chi connectivity index (χ4n) is 3.45. The second-order valence-electron chi connectivity index (χ2n) is 7.77. The molecule has 6 heteroatoms. The van der Waals surface area contributed by atoms with Crippen molar-refractivity contribution in [1.29, 1.82) is 0 Å². The van der Waals surface area contributed by atoms with E-state index in [2.05, 4.69) is 10.6 Å². The predicted molar refractivity (Wildman–Crippen MR) is 112 cm³/mol. The van der Waals surface area contributed by atoms with Crippen LogP contribution >= 0.6 is 0 Å². The lowest BCUT2D eigenvalue weighted by Crippen LogP contribution is -2.36. The molecule has 0 saturated heterocycles. The van der Waals surface area contributed by atoms with Gasteiger partial charge < -0.3 is 20.6 Å². The SMILES string of the molecule is CC(C)C(=O)N1CCCCCCCNCc2cc(C(=O)NCCCO)ccc21. The van der Waals surface area contributed by atoms with Crippen molar-refractivity contribution in [1.82, 2.24) is 10.6 Å². The molecule has 1 aliphatic rings. The van der Waals surface area contributed by atoms with Crippen molar-refractivity contribution in [2.45, 2.75) is 58.9 Å². The van der Waals surface area contributed by atoms with Gasteiger partial charge in [-0.25, -0.2) is 0 Å². The van der Waals surface area contributed by atoms with Crippen LogP contribution in [0.1, 0.15) is 68.3 Å². The first-order valence-electron chi connectivity index (χ1n) is 10.6. The normalized spacial score (nSPS) is 16.1. The predicted octanol–water partition coefficient (Wildman–Crippen LogP) is 2.84. The summed E-state index contributed by atoms with van der Waals surface area (Å²) >= 11 is 0. The van der Waals surface area contributed by atoms with Crippen LogP contribution in [0.2, 0.25) is 0 Å². The van der Waals surface area contributed by atoms with Gasteiger partial charge in [0.15, 0.2) is 0 Å². The average molecular weight is 390 g/mol. The van der Waals surface area contributed by atoms with Crippen molar-refractivity contribution in [3.8, 4) is 0 Å². The number of carbonyl (C=O) groups excluding carboxylic acids is 2. The van der Waals surface area contributed by atoms with Crippen molar-refractivity contribution in [3.63, 3.8) is 0 Å². The summed E-state index contributed by atoms with van der Waals surface area (Å²) in [5.74, 6) is -0.0993. The first-order valence-corrected chi connectivity index (χ1v) is 10.6. The number of nitrogens with zero attached hydrogens (tertiary/aromatic N) is 1. The molecular weight excluding hydrogens is 354 g/mol. The van der Waals surface area contributed by atoms with Gasteiger partial charge in [0.05, 0.1) is 0 Å². The maximum Gasteiger partial charge on any atom is 0.251 e. The Balaban J connectivity index is 2.30. The third kappa shape index (κ3) is 6.60. The molecule has 3 N–H and O–H groups in total. The van der Waals surface area contributed by atoms with Gasteiger partial charge in [-0.05, 0) is 49.6 Å². The molecule has 1 heterocycles. The minimum Gasteiger partial charge on any atom is -0.396 e. The van der Waals surface area contributed by atoms with Crippen molar-refractivity contribution >= 4 is 17.5 Å². The topological polar surface area (TPSA) is 81.7 Å². The van der Waals surface area contributed by atoms with Crippen LogP contribution in [-0.2, 0) is 11.3 Å². The number of hydrogen-bond acceptors (Lipinski definition) is 4. The van der Waals surface area contributed by atoms with Gasteiger partial charge in [0, 0.05) is 43.4 Å². The Kier molecular flexibility index (Phi) is 9.44. The van der Waals surface area contributed by atoms with E-state index in [9.17, 15) is 9.59 Å². The Morgan fingerprint density at radius 3 is 2.68 bits per heavy atom. The van der Waals surface area contributed by atoms with Crippen LogP contribution in [0.3, 0.4) is 0 Å². The highest BCUT2D eigenvalue weighted by Crippen LogP contribution is 2.25. The van der Waals surface area contributed by atoms with Gasteiger partial charge >= 0.3 is 0 Å². The van der Waals surface area contributed by atoms with E-state index in [0.717, 1.165) is 37.1 Å². The van der Waals surface area contributed by atoms with Crippen LogP contribution in [0.4, 0.5) is 5.69 Å². The minimum absolute atomic E-state index is 0.0562. The van der Waals surface area contributed by atoms with Gasteiger partial charge in [0.1, 0.15) is 0 Å². The van der Waals surface area contributed by atoms with E-state index in [1.54, 1.807) is 6.07 Å². The molecule has 2 amide bonds. The molecule has 2 rings (SSSR count). The molecular formula is C22H35N3O3. The second kappa shape index (κ2) is 11.8. The first-order chi connectivity index (χ1) is 13.5. The van der Waals surface area contributed by atoms with Gasteiger partial charge in [-0.2, -0.15) is 0 Å². The zero-order valence-electron chi connectivity index (χ0n) is 17.3. The molecule has 0 fully saturated rings. The first kappa shape index (κ1) is 22.4. The zero-order valence-corrected chi connectivity index (χ0v) is 17.3. The molecule has 156 valence electrons. The molecule has 0 radical (unpaired) electrons. The Hall–Kier alpha value is -1.92. The number of rotatable bonds is 5. The lowest BCUT2D eigenvalue weighted by Gasteiger charge is -2.28. The number of carbonyl (C=O) groups is 2. The van der Waals surface area contributed by atoms with Gasteiger partial charge in [0.2, 0.25) is 5.91 Å². The molecule has 1 aliphatic heterocycles. The second-order valence-corrected chi connectivity index (χ2v) is 7.77. The number of hydrogen-bond donors (Lipinski definition) is 3. The van der Waals surface area contributed by atoms with Crippen LogP contribution in [0.25, 0.3) is 0 Å². The largest absolute Gasteiger partial charge is 0.396 e. The molecule has 0 bridgehead atoms. The van der Waals surface area contributed by atoms with E-state index in [1.807, 2.05) is 30.9 Å². The smallest absolute Gasteiger partial charge is 0.251 e. The Bertz CT molecular complexity index is 646.